The summed E-state index contributed by atoms with van der Waals surface area (Å²) in [4.78, 5) is 12.1. The van der Waals surface area contributed by atoms with Crippen LogP contribution in [0.1, 0.15) is 6.42 Å². The number of fused-ring (bicyclic) bond motifs is 1. The van der Waals surface area contributed by atoms with Gasteiger partial charge in [0.15, 0.2) is 0 Å². The van der Waals surface area contributed by atoms with Crippen LogP contribution in [0.15, 0.2) is 42.9 Å². The minimum atomic E-state index is -0.508. The van der Waals surface area contributed by atoms with Crippen LogP contribution in [0, 0.1) is 12.4 Å². The van der Waals surface area contributed by atoms with Gasteiger partial charge < -0.3 is 14.5 Å². The molecule has 0 spiro atoms. The average molecular weight is 397 g/mol. The second-order valence-electron chi connectivity index (χ2n) is 6.06. The van der Waals surface area contributed by atoms with Crippen LogP contribution in [-0.4, -0.2) is 35.9 Å². The highest BCUT2D eigenvalue weighted by Gasteiger charge is 2.19. The van der Waals surface area contributed by atoms with Gasteiger partial charge in [-0.2, -0.15) is 0 Å². The van der Waals surface area contributed by atoms with Gasteiger partial charge in [-0.1, -0.05) is 23.3 Å². The van der Waals surface area contributed by atoms with Gasteiger partial charge in [-0.05, 0) is 30.7 Å². The molecule has 0 saturated heterocycles. The third kappa shape index (κ3) is 3.11. The smallest absolute Gasteiger partial charge is 0.275 e. The van der Waals surface area contributed by atoms with Gasteiger partial charge >= 0.3 is 0 Å². The number of aliphatic hydroxyl groups excluding tert-OH is 1. The summed E-state index contributed by atoms with van der Waals surface area (Å²) in [6.07, 6.45) is 3.64. The maximum absolute atomic E-state index is 13.6. The maximum atomic E-state index is 13.6. The van der Waals surface area contributed by atoms with Crippen LogP contribution in [0.4, 0.5) is 10.2 Å². The first kappa shape index (κ1) is 18.1. The first-order valence-corrected chi connectivity index (χ1v) is 8.84. The van der Waals surface area contributed by atoms with Crippen molar-refractivity contribution in [2.75, 3.05) is 6.61 Å². The highest BCUT2D eigenvalue weighted by Crippen LogP contribution is 2.33. The molecule has 0 bridgehead atoms. The minimum Gasteiger partial charge on any atom is -0.396 e. The van der Waals surface area contributed by atoms with Gasteiger partial charge in [-0.25, -0.2) is 14.4 Å². The number of aromatic nitrogens is 5. The third-order valence-electron chi connectivity index (χ3n) is 4.29. The quantitative estimate of drug-likeness (QED) is 0.518. The lowest BCUT2D eigenvalue weighted by Crippen LogP contribution is -2.04. The fourth-order valence-corrected chi connectivity index (χ4v) is 3.16. The van der Waals surface area contributed by atoms with Crippen molar-refractivity contribution in [2.45, 2.75) is 13.0 Å². The van der Waals surface area contributed by atoms with Gasteiger partial charge in [-0.3, -0.25) is 0 Å². The Morgan fingerprint density at radius 3 is 2.82 bits per heavy atom. The van der Waals surface area contributed by atoms with Crippen LogP contribution in [0.25, 0.3) is 33.1 Å². The highest BCUT2D eigenvalue weighted by molar-refractivity contribution is 6.31. The SMILES string of the molecule is [C-]#[N+]c1cnc2ccc(-c3c(-c4ccc(F)c(Cl)c4)ncn3CCCO)nn12. The van der Waals surface area contributed by atoms with E-state index in [1.54, 1.807) is 24.5 Å². The molecule has 0 radical (unpaired) electrons. The molecule has 28 heavy (non-hydrogen) atoms. The van der Waals surface area contributed by atoms with Crippen molar-refractivity contribution in [2.24, 2.45) is 0 Å². The predicted octanol–water partition coefficient (Wildman–Crippen LogP) is 3.99. The molecule has 9 heteroatoms. The van der Waals surface area contributed by atoms with Gasteiger partial charge in [0.1, 0.15) is 11.5 Å². The molecule has 0 unspecified atom stereocenters. The zero-order valence-corrected chi connectivity index (χ0v) is 15.3. The topological polar surface area (TPSA) is 72.6 Å². The number of aliphatic hydroxyl groups is 1. The molecule has 0 aliphatic rings. The van der Waals surface area contributed by atoms with Crippen LogP contribution in [0.2, 0.25) is 5.02 Å². The van der Waals surface area contributed by atoms with Gasteiger partial charge in [0.2, 0.25) is 5.65 Å². The molecule has 3 aromatic heterocycles. The average Bonchev–Trinajstić information content (AvgIpc) is 3.31. The molecule has 7 nitrogen and oxygen atoms in total. The van der Waals surface area contributed by atoms with E-state index in [2.05, 4.69) is 19.9 Å². The zero-order chi connectivity index (χ0) is 19.7. The molecule has 0 aliphatic carbocycles. The number of benzene rings is 1. The number of nitrogens with zero attached hydrogens (tertiary/aromatic N) is 6. The molecule has 1 N–H and O–H groups in total. The monoisotopic (exact) mass is 396 g/mol. The normalized spacial score (nSPS) is 11.1. The van der Waals surface area contributed by atoms with Crippen molar-refractivity contribution in [1.82, 2.24) is 24.1 Å². The van der Waals surface area contributed by atoms with Gasteiger partial charge in [0.25, 0.3) is 5.82 Å². The molecule has 0 fully saturated rings. The summed E-state index contributed by atoms with van der Waals surface area (Å²) < 4.78 is 16.9. The molecule has 4 rings (SSSR count). The molecule has 4 aromatic rings. The zero-order valence-electron chi connectivity index (χ0n) is 14.5. The Labute approximate surface area is 164 Å². The van der Waals surface area contributed by atoms with Crippen LogP contribution < -0.4 is 0 Å². The summed E-state index contributed by atoms with van der Waals surface area (Å²) in [6.45, 7) is 7.82. The highest BCUT2D eigenvalue weighted by atomic mass is 35.5. The first-order chi connectivity index (χ1) is 13.6. The number of rotatable bonds is 5. The second kappa shape index (κ2) is 7.38. The van der Waals surface area contributed by atoms with Crippen molar-refractivity contribution in [3.05, 3.63) is 65.1 Å². The molecule has 0 atom stereocenters. The summed E-state index contributed by atoms with van der Waals surface area (Å²) in [6, 6.07) is 7.96. The van der Waals surface area contributed by atoms with Gasteiger partial charge in [-0.15, -0.1) is 4.52 Å². The number of hydrogen-bond donors (Lipinski definition) is 1. The van der Waals surface area contributed by atoms with Gasteiger partial charge in [0, 0.05) is 24.8 Å². The summed E-state index contributed by atoms with van der Waals surface area (Å²) >= 11 is 5.95. The van der Waals surface area contributed by atoms with Crippen molar-refractivity contribution in [1.29, 1.82) is 0 Å². The Balaban J connectivity index is 1.92. The Bertz CT molecular complexity index is 1210. The Morgan fingerprint density at radius 1 is 1.21 bits per heavy atom. The Morgan fingerprint density at radius 2 is 2.07 bits per heavy atom. The molecular weight excluding hydrogens is 383 g/mol. The number of aryl methyl sites for hydroxylation is 1. The van der Waals surface area contributed by atoms with E-state index in [0.717, 1.165) is 0 Å². The van der Waals surface area contributed by atoms with Crippen LogP contribution in [-0.2, 0) is 6.54 Å². The van der Waals surface area contributed by atoms with E-state index < -0.39 is 5.82 Å². The number of halogens is 2. The fourth-order valence-electron chi connectivity index (χ4n) is 2.98. The van der Waals surface area contributed by atoms with E-state index in [1.165, 1.54) is 22.8 Å². The standard InChI is InChI=1S/C19H14ClFN6O/c1-22-17-10-23-16-6-5-15(25-27(16)17)19-18(24-11-26(19)7-2-8-28)12-3-4-14(21)13(20)9-12/h3-6,9-11,28H,2,7-8H2. The number of hydrogen-bond acceptors (Lipinski definition) is 4. The molecular formula is C19H14ClFN6O. The largest absolute Gasteiger partial charge is 0.396 e. The minimum absolute atomic E-state index is 0.00155. The van der Waals surface area contributed by atoms with Crippen LogP contribution in [0.5, 0.6) is 0 Å². The Kier molecular flexibility index (Phi) is 4.77. The maximum Gasteiger partial charge on any atom is 0.275 e. The number of imidazole rings is 2. The fraction of sp³-hybridized carbons (Fsp3) is 0.158. The first-order valence-electron chi connectivity index (χ1n) is 8.46. The lowest BCUT2D eigenvalue weighted by Gasteiger charge is -2.09. The van der Waals surface area contributed by atoms with E-state index in [9.17, 15) is 9.50 Å². The summed E-state index contributed by atoms with van der Waals surface area (Å²) in [5, 5.41) is 13.8. The van der Waals surface area contributed by atoms with Gasteiger partial charge in [0.05, 0.1) is 28.9 Å². The summed E-state index contributed by atoms with van der Waals surface area (Å²) in [5.41, 5.74) is 3.03. The third-order valence-corrected chi connectivity index (χ3v) is 4.58. The van der Waals surface area contributed by atoms with Crippen molar-refractivity contribution < 1.29 is 9.50 Å². The molecule has 0 saturated carbocycles. The van der Waals surface area contributed by atoms with E-state index in [0.29, 0.717) is 47.1 Å². The lowest BCUT2D eigenvalue weighted by molar-refractivity contribution is 0.280. The van der Waals surface area contributed by atoms with Crippen LogP contribution >= 0.6 is 11.6 Å². The van der Waals surface area contributed by atoms with Crippen molar-refractivity contribution in [3.63, 3.8) is 0 Å². The predicted molar refractivity (Wildman–Crippen MR) is 103 cm³/mol. The van der Waals surface area contributed by atoms with E-state index >= 15 is 0 Å². The Hall–Kier alpha value is -3.28. The molecule has 140 valence electrons. The summed E-state index contributed by atoms with van der Waals surface area (Å²) in [5.74, 6) is -0.212. The lowest BCUT2D eigenvalue weighted by atomic mass is 10.1. The van der Waals surface area contributed by atoms with Crippen molar-refractivity contribution in [3.8, 4) is 22.6 Å². The van der Waals surface area contributed by atoms with E-state index in [-0.39, 0.29) is 11.6 Å². The molecule has 0 amide bonds. The summed E-state index contributed by atoms with van der Waals surface area (Å²) in [7, 11) is 0. The molecule has 1 aromatic carbocycles. The molecule has 0 aliphatic heterocycles. The molecule has 3 heterocycles. The van der Waals surface area contributed by atoms with Crippen molar-refractivity contribution >= 4 is 23.1 Å². The second-order valence-corrected chi connectivity index (χ2v) is 6.47. The van der Waals surface area contributed by atoms with E-state index in [4.69, 9.17) is 18.2 Å². The van der Waals surface area contributed by atoms with E-state index in [1.807, 2.05) is 4.57 Å². The van der Waals surface area contributed by atoms with Crippen LogP contribution in [0.3, 0.4) is 0 Å².